The van der Waals surface area contributed by atoms with E-state index >= 15 is 0 Å². The molecule has 24 heavy (non-hydrogen) atoms. The number of aromatic nitrogens is 1. The molecule has 1 heterocycles. The minimum atomic E-state index is -1.37. The highest BCUT2D eigenvalue weighted by molar-refractivity contribution is 5.92. The SMILES string of the molecule is Cc1cc([N+](=O)[O-])ccc1NC(=O)Cn1cccc(C(=O)O)c1=O. The molecule has 2 rings (SSSR count). The van der Waals surface area contributed by atoms with Gasteiger partial charge in [-0.25, -0.2) is 4.79 Å². The summed E-state index contributed by atoms with van der Waals surface area (Å²) in [7, 11) is 0. The van der Waals surface area contributed by atoms with Crippen LogP contribution in [0.5, 0.6) is 0 Å². The number of hydrogen-bond acceptors (Lipinski definition) is 5. The number of carbonyl (C=O) groups is 2. The zero-order chi connectivity index (χ0) is 17.9. The predicted octanol–water partition coefficient (Wildman–Crippen LogP) is 1.40. The van der Waals surface area contributed by atoms with Crippen molar-refractivity contribution in [1.29, 1.82) is 0 Å². The molecule has 0 aliphatic rings. The summed E-state index contributed by atoms with van der Waals surface area (Å²) in [5.74, 6) is -1.93. The Bertz CT molecular complexity index is 887. The van der Waals surface area contributed by atoms with Crippen LogP contribution in [-0.2, 0) is 11.3 Å². The lowest BCUT2D eigenvalue weighted by atomic mass is 10.2. The number of pyridine rings is 1. The number of hydrogen-bond donors (Lipinski definition) is 2. The monoisotopic (exact) mass is 331 g/mol. The number of carbonyl (C=O) groups excluding carboxylic acids is 1. The standard InChI is InChI=1S/C15H13N3O6/c1-9-7-10(18(23)24)4-5-12(9)16-13(19)8-17-6-2-3-11(14(17)20)15(21)22/h2-7H,8H2,1H3,(H,16,19)(H,21,22). The van der Waals surface area contributed by atoms with Crippen LogP contribution in [0.3, 0.4) is 0 Å². The van der Waals surface area contributed by atoms with Gasteiger partial charge in [0.25, 0.3) is 11.2 Å². The number of amides is 1. The molecule has 0 aliphatic heterocycles. The number of nitrogens with one attached hydrogen (secondary N) is 1. The Morgan fingerprint density at radius 2 is 2.04 bits per heavy atom. The van der Waals surface area contributed by atoms with Crippen LogP contribution >= 0.6 is 0 Å². The summed E-state index contributed by atoms with van der Waals surface area (Å²) in [6.07, 6.45) is 1.30. The third-order valence-corrected chi connectivity index (χ3v) is 3.26. The number of anilines is 1. The highest BCUT2D eigenvalue weighted by Crippen LogP contribution is 2.21. The lowest BCUT2D eigenvalue weighted by molar-refractivity contribution is -0.384. The molecule has 9 nitrogen and oxygen atoms in total. The lowest BCUT2D eigenvalue weighted by Crippen LogP contribution is -2.30. The van der Waals surface area contributed by atoms with Crippen molar-refractivity contribution in [2.75, 3.05) is 5.32 Å². The van der Waals surface area contributed by atoms with Gasteiger partial charge < -0.3 is 15.0 Å². The third kappa shape index (κ3) is 3.64. The second-order valence-electron chi connectivity index (χ2n) is 4.96. The van der Waals surface area contributed by atoms with E-state index in [0.717, 1.165) is 10.6 Å². The molecule has 0 saturated heterocycles. The second kappa shape index (κ2) is 6.73. The summed E-state index contributed by atoms with van der Waals surface area (Å²) in [6, 6.07) is 6.46. The molecule has 0 aliphatic carbocycles. The van der Waals surface area contributed by atoms with Gasteiger partial charge in [-0.2, -0.15) is 0 Å². The van der Waals surface area contributed by atoms with E-state index < -0.39 is 27.9 Å². The number of non-ortho nitro benzene ring substituents is 1. The van der Waals surface area contributed by atoms with Crippen molar-refractivity contribution in [2.45, 2.75) is 13.5 Å². The first kappa shape index (κ1) is 16.9. The number of carboxylic acid groups (broad SMARTS) is 1. The summed E-state index contributed by atoms with van der Waals surface area (Å²) in [5.41, 5.74) is -0.467. The minimum Gasteiger partial charge on any atom is -0.477 e. The van der Waals surface area contributed by atoms with E-state index in [1.165, 1.54) is 30.5 Å². The Labute approximate surface area is 135 Å². The quantitative estimate of drug-likeness (QED) is 0.629. The van der Waals surface area contributed by atoms with Gasteiger partial charge in [-0.3, -0.25) is 19.7 Å². The third-order valence-electron chi connectivity index (χ3n) is 3.26. The molecule has 2 aromatic rings. The highest BCUT2D eigenvalue weighted by Gasteiger charge is 2.14. The van der Waals surface area contributed by atoms with Gasteiger partial charge in [0, 0.05) is 24.0 Å². The van der Waals surface area contributed by atoms with Gasteiger partial charge in [-0.1, -0.05) is 0 Å². The summed E-state index contributed by atoms with van der Waals surface area (Å²) in [5, 5.41) is 22.1. The van der Waals surface area contributed by atoms with Crippen LogP contribution in [0.25, 0.3) is 0 Å². The van der Waals surface area contributed by atoms with Gasteiger partial charge in [0.15, 0.2) is 0 Å². The smallest absolute Gasteiger partial charge is 0.341 e. The number of aryl methyl sites for hydroxylation is 1. The Morgan fingerprint density at radius 3 is 2.62 bits per heavy atom. The fraction of sp³-hybridized carbons (Fsp3) is 0.133. The number of carboxylic acids is 1. The normalized spacial score (nSPS) is 10.2. The Balaban J connectivity index is 2.18. The first-order valence-corrected chi connectivity index (χ1v) is 6.77. The molecule has 0 bridgehead atoms. The van der Waals surface area contributed by atoms with Crippen LogP contribution in [0.1, 0.15) is 15.9 Å². The van der Waals surface area contributed by atoms with Crippen molar-refractivity contribution in [3.8, 4) is 0 Å². The number of benzene rings is 1. The Morgan fingerprint density at radius 1 is 1.33 bits per heavy atom. The number of nitro groups is 1. The molecule has 1 aromatic heterocycles. The average molecular weight is 331 g/mol. The van der Waals surface area contributed by atoms with Crippen molar-refractivity contribution in [3.63, 3.8) is 0 Å². The molecular formula is C15H13N3O6. The number of nitrogens with zero attached hydrogens (tertiary/aromatic N) is 2. The van der Waals surface area contributed by atoms with E-state index in [4.69, 9.17) is 5.11 Å². The molecule has 0 saturated carbocycles. The fourth-order valence-corrected chi connectivity index (χ4v) is 2.07. The average Bonchev–Trinajstić information content (AvgIpc) is 2.50. The van der Waals surface area contributed by atoms with Gasteiger partial charge in [-0.05, 0) is 30.7 Å². The molecule has 0 unspecified atom stereocenters. The van der Waals surface area contributed by atoms with Crippen LogP contribution in [0.2, 0.25) is 0 Å². The first-order valence-electron chi connectivity index (χ1n) is 6.77. The lowest BCUT2D eigenvalue weighted by Gasteiger charge is -2.10. The molecule has 2 N–H and O–H groups in total. The van der Waals surface area contributed by atoms with Gasteiger partial charge in [0.2, 0.25) is 5.91 Å². The molecule has 0 radical (unpaired) electrons. The summed E-state index contributed by atoms with van der Waals surface area (Å²) in [4.78, 5) is 45.0. The number of aromatic carboxylic acids is 1. The van der Waals surface area contributed by atoms with Crippen molar-refractivity contribution in [1.82, 2.24) is 4.57 Å². The maximum Gasteiger partial charge on any atom is 0.341 e. The Hall–Kier alpha value is -3.49. The maximum atomic E-state index is 12.0. The van der Waals surface area contributed by atoms with Gasteiger partial charge in [0.05, 0.1) is 4.92 Å². The van der Waals surface area contributed by atoms with Gasteiger partial charge in [0.1, 0.15) is 12.1 Å². The van der Waals surface area contributed by atoms with Crippen LogP contribution in [0.15, 0.2) is 41.3 Å². The number of nitro benzene ring substituents is 1. The van der Waals surface area contributed by atoms with Crippen molar-refractivity contribution in [3.05, 3.63) is 68.1 Å². The zero-order valence-electron chi connectivity index (χ0n) is 12.6. The van der Waals surface area contributed by atoms with Crippen molar-refractivity contribution >= 4 is 23.3 Å². The van der Waals surface area contributed by atoms with E-state index in [9.17, 15) is 24.5 Å². The molecular weight excluding hydrogens is 318 g/mol. The summed E-state index contributed by atoms with van der Waals surface area (Å²) < 4.78 is 0.972. The van der Waals surface area contributed by atoms with E-state index in [-0.39, 0.29) is 12.2 Å². The first-order chi connectivity index (χ1) is 11.3. The molecule has 124 valence electrons. The topological polar surface area (TPSA) is 132 Å². The van der Waals surface area contributed by atoms with E-state index in [2.05, 4.69) is 5.32 Å². The van der Waals surface area contributed by atoms with Crippen LogP contribution in [-0.4, -0.2) is 26.5 Å². The van der Waals surface area contributed by atoms with Gasteiger partial charge in [-0.15, -0.1) is 0 Å². The predicted molar refractivity (Wildman–Crippen MR) is 84.1 cm³/mol. The molecule has 0 fully saturated rings. The van der Waals surface area contributed by atoms with E-state index in [1.807, 2.05) is 0 Å². The van der Waals surface area contributed by atoms with Crippen molar-refractivity contribution < 1.29 is 19.6 Å². The Kier molecular flexibility index (Phi) is 4.73. The van der Waals surface area contributed by atoms with Crippen molar-refractivity contribution in [2.24, 2.45) is 0 Å². The summed E-state index contributed by atoms with van der Waals surface area (Å²) in [6.45, 7) is 1.22. The highest BCUT2D eigenvalue weighted by atomic mass is 16.6. The van der Waals surface area contributed by atoms with E-state index in [1.54, 1.807) is 6.92 Å². The van der Waals surface area contributed by atoms with E-state index in [0.29, 0.717) is 11.3 Å². The van der Waals surface area contributed by atoms with Gasteiger partial charge >= 0.3 is 5.97 Å². The second-order valence-corrected chi connectivity index (χ2v) is 4.96. The minimum absolute atomic E-state index is 0.101. The number of rotatable bonds is 5. The van der Waals surface area contributed by atoms with Crippen LogP contribution in [0, 0.1) is 17.0 Å². The fourth-order valence-electron chi connectivity index (χ4n) is 2.07. The molecule has 9 heteroatoms. The molecule has 1 amide bonds. The maximum absolute atomic E-state index is 12.0. The molecule has 1 aromatic carbocycles. The summed E-state index contributed by atoms with van der Waals surface area (Å²) >= 11 is 0. The van der Waals surface area contributed by atoms with Crippen LogP contribution in [0.4, 0.5) is 11.4 Å². The zero-order valence-corrected chi connectivity index (χ0v) is 12.6. The largest absolute Gasteiger partial charge is 0.477 e. The molecule has 0 atom stereocenters. The molecule has 0 spiro atoms. The van der Waals surface area contributed by atoms with Crippen LogP contribution < -0.4 is 10.9 Å².